The van der Waals surface area contributed by atoms with Crippen LogP contribution in [0.4, 0.5) is 5.69 Å². The van der Waals surface area contributed by atoms with Crippen molar-refractivity contribution in [1.82, 2.24) is 0 Å². The molecule has 0 spiro atoms. The molecular formula is C30H30ClNO13. The van der Waals surface area contributed by atoms with Crippen molar-refractivity contribution in [2.45, 2.75) is 33.0 Å². The number of carbonyl (C=O) groups excluding carboxylic acids is 3. The molecule has 0 aliphatic rings. The summed E-state index contributed by atoms with van der Waals surface area (Å²) in [7, 11) is 1.38. The zero-order valence-corrected chi connectivity index (χ0v) is 25.4. The van der Waals surface area contributed by atoms with E-state index in [-0.39, 0.29) is 78.4 Å². The third kappa shape index (κ3) is 9.27. The molecule has 3 rings (SSSR count). The van der Waals surface area contributed by atoms with Gasteiger partial charge in [-0.2, -0.15) is 0 Å². The fraction of sp³-hybridized carbons (Fsp3) is 0.333. The van der Waals surface area contributed by atoms with E-state index in [1.165, 1.54) is 37.4 Å². The summed E-state index contributed by atoms with van der Waals surface area (Å²) < 4.78 is 36.7. The van der Waals surface area contributed by atoms with Crippen molar-refractivity contribution in [2.24, 2.45) is 0 Å². The molecule has 2 aromatic carbocycles. The van der Waals surface area contributed by atoms with E-state index in [4.69, 9.17) is 44.4 Å². The molecule has 0 bridgehead atoms. The Balaban J connectivity index is 1.73. The minimum absolute atomic E-state index is 0.0542. The number of benzene rings is 2. The summed E-state index contributed by atoms with van der Waals surface area (Å²) in [5, 5.41) is 12.4. The summed E-state index contributed by atoms with van der Waals surface area (Å²) in [4.78, 5) is 58.6. The van der Waals surface area contributed by atoms with Crippen molar-refractivity contribution < 1.29 is 52.1 Å². The van der Waals surface area contributed by atoms with E-state index >= 15 is 0 Å². The molecule has 3 aromatic rings. The second kappa shape index (κ2) is 16.2. The van der Waals surface area contributed by atoms with Gasteiger partial charge < -0.3 is 32.8 Å². The number of halogens is 1. The Morgan fingerprint density at radius 1 is 1.07 bits per heavy atom. The number of nitro benzene ring substituents is 1. The highest BCUT2D eigenvalue weighted by Crippen LogP contribution is 2.38. The topological polar surface area (TPSA) is 180 Å². The molecule has 14 nitrogen and oxygen atoms in total. The van der Waals surface area contributed by atoms with E-state index in [0.29, 0.717) is 10.9 Å². The Morgan fingerprint density at radius 2 is 1.80 bits per heavy atom. The predicted molar refractivity (Wildman–Crippen MR) is 159 cm³/mol. The minimum atomic E-state index is -0.935. The molecular weight excluding hydrogens is 618 g/mol. The molecule has 0 aliphatic heterocycles. The third-order valence-corrected chi connectivity index (χ3v) is 6.41. The smallest absolute Gasteiger partial charge is 0.351 e. The average molecular weight is 648 g/mol. The maximum Gasteiger partial charge on any atom is 0.351 e. The summed E-state index contributed by atoms with van der Waals surface area (Å²) >= 11 is 6.41. The molecule has 0 saturated heterocycles. The number of hydrogen-bond donors (Lipinski definition) is 0. The summed E-state index contributed by atoms with van der Waals surface area (Å²) in [5.41, 5.74) is -0.941. The number of methoxy groups -OCH3 is 1. The van der Waals surface area contributed by atoms with Crippen LogP contribution in [0.5, 0.6) is 11.5 Å². The third-order valence-electron chi connectivity index (χ3n) is 6.12. The van der Waals surface area contributed by atoms with Crippen molar-refractivity contribution in [3.63, 3.8) is 0 Å². The van der Waals surface area contributed by atoms with Gasteiger partial charge in [-0.1, -0.05) is 18.2 Å². The maximum atomic E-state index is 12.3. The number of fused-ring (bicyclic) bond motifs is 1. The van der Waals surface area contributed by atoms with Gasteiger partial charge in [0.15, 0.2) is 0 Å². The zero-order chi connectivity index (χ0) is 33.1. The second-order valence-corrected chi connectivity index (χ2v) is 9.53. The molecule has 1 heterocycles. The lowest BCUT2D eigenvalue weighted by molar-refractivity contribution is -0.386. The van der Waals surface area contributed by atoms with Crippen molar-refractivity contribution in [3.8, 4) is 11.5 Å². The van der Waals surface area contributed by atoms with Crippen LogP contribution in [0.1, 0.15) is 47.9 Å². The zero-order valence-electron chi connectivity index (χ0n) is 24.6. The summed E-state index contributed by atoms with van der Waals surface area (Å²) in [6, 6.07) is 6.77. The molecule has 45 heavy (non-hydrogen) atoms. The molecule has 240 valence electrons. The second-order valence-electron chi connectivity index (χ2n) is 9.12. The average Bonchev–Trinajstić information content (AvgIpc) is 3.01. The van der Waals surface area contributed by atoms with Gasteiger partial charge in [-0.25, -0.2) is 14.4 Å². The Bertz CT molecular complexity index is 1650. The fourth-order valence-corrected chi connectivity index (χ4v) is 4.21. The van der Waals surface area contributed by atoms with Gasteiger partial charge in [-0.3, -0.25) is 14.9 Å². The molecule has 0 amide bonds. The lowest BCUT2D eigenvalue weighted by Crippen LogP contribution is -2.16. The molecule has 0 radical (unpaired) electrons. The normalized spacial score (nSPS) is 11.4. The van der Waals surface area contributed by atoms with E-state index in [1.807, 2.05) is 0 Å². The van der Waals surface area contributed by atoms with Gasteiger partial charge in [0, 0.05) is 29.2 Å². The Morgan fingerprint density at radius 3 is 2.47 bits per heavy atom. The van der Waals surface area contributed by atoms with Crippen LogP contribution in [0.2, 0.25) is 5.02 Å². The number of carbonyl (C=O) groups is 3. The van der Waals surface area contributed by atoms with Gasteiger partial charge in [0.2, 0.25) is 0 Å². The number of nitrogens with zero attached hydrogens (tertiary/aromatic N) is 1. The van der Waals surface area contributed by atoms with Crippen LogP contribution >= 0.6 is 11.6 Å². The lowest BCUT2D eigenvalue weighted by Gasteiger charge is -2.19. The molecule has 0 saturated carbocycles. The molecule has 1 unspecified atom stereocenters. The molecule has 1 atom stereocenters. The van der Waals surface area contributed by atoms with Gasteiger partial charge in [-0.05, 0) is 32.0 Å². The van der Waals surface area contributed by atoms with Crippen LogP contribution in [0.3, 0.4) is 0 Å². The van der Waals surface area contributed by atoms with Crippen LogP contribution < -0.4 is 15.1 Å². The van der Waals surface area contributed by atoms with Gasteiger partial charge in [0.25, 0.3) is 5.69 Å². The first kappa shape index (κ1) is 34.5. The largest absolute Gasteiger partial charge is 0.496 e. The highest BCUT2D eigenvalue weighted by atomic mass is 35.5. The molecule has 0 fully saturated rings. The van der Waals surface area contributed by atoms with Crippen LogP contribution in [0, 0.1) is 10.1 Å². The van der Waals surface area contributed by atoms with Crippen LogP contribution in [-0.4, -0.2) is 56.4 Å². The predicted octanol–water partition coefficient (Wildman–Crippen LogP) is 4.86. The highest BCUT2D eigenvalue weighted by molar-refractivity contribution is 6.32. The van der Waals surface area contributed by atoms with E-state index in [9.17, 15) is 29.3 Å². The minimum Gasteiger partial charge on any atom is -0.496 e. The van der Waals surface area contributed by atoms with Gasteiger partial charge >= 0.3 is 23.5 Å². The van der Waals surface area contributed by atoms with E-state index < -0.39 is 34.6 Å². The molecule has 1 aromatic heterocycles. The highest BCUT2D eigenvalue weighted by Gasteiger charge is 2.25. The van der Waals surface area contributed by atoms with Crippen LogP contribution in [0.25, 0.3) is 11.0 Å². The summed E-state index contributed by atoms with van der Waals surface area (Å²) in [5.74, 6) is -1.73. The fourth-order valence-electron chi connectivity index (χ4n) is 4.00. The standard InChI is InChI=1S/C30H30ClNO13/c1-5-27(33)42-9-10-43-28(34)7-8-40-16-19-13-23(32(37)38)20(14-24(19)39-4)17(3)44-26-15-25-18(12-22(26)31)11-21(30(36)45-25)29(35)41-6-2/h5,11-15,17H,1,6-10,16H2,2-4H3. The van der Waals surface area contributed by atoms with Gasteiger partial charge in [0.05, 0.1) is 48.9 Å². The quantitative estimate of drug-likeness (QED) is 0.0391. The summed E-state index contributed by atoms with van der Waals surface area (Å²) in [6.07, 6.45) is -0.0582. The van der Waals surface area contributed by atoms with Crippen molar-refractivity contribution >= 4 is 46.2 Å². The Hall–Kier alpha value is -4.95. The van der Waals surface area contributed by atoms with Crippen molar-refractivity contribution in [1.29, 1.82) is 0 Å². The monoisotopic (exact) mass is 647 g/mol. The van der Waals surface area contributed by atoms with E-state index in [0.717, 1.165) is 6.08 Å². The van der Waals surface area contributed by atoms with E-state index in [2.05, 4.69) is 6.58 Å². The van der Waals surface area contributed by atoms with Crippen LogP contribution in [0.15, 0.2) is 52.2 Å². The first-order chi connectivity index (χ1) is 21.5. The van der Waals surface area contributed by atoms with Crippen molar-refractivity contribution in [3.05, 3.63) is 85.2 Å². The number of esters is 3. The SMILES string of the molecule is C=CC(=O)OCCOC(=O)CCOCc1cc([N+](=O)[O-])c(C(C)Oc2cc3oc(=O)c(C(=O)OCC)cc3cc2Cl)cc1OC. The van der Waals surface area contributed by atoms with Gasteiger partial charge in [0.1, 0.15) is 42.0 Å². The van der Waals surface area contributed by atoms with E-state index in [1.54, 1.807) is 13.8 Å². The number of nitro groups is 1. The molecule has 15 heteroatoms. The lowest BCUT2D eigenvalue weighted by atomic mass is 10.0. The Labute approximate surface area is 261 Å². The first-order valence-electron chi connectivity index (χ1n) is 13.5. The summed E-state index contributed by atoms with van der Waals surface area (Å²) in [6.45, 7) is 6.06. The molecule has 0 aliphatic carbocycles. The number of rotatable bonds is 16. The maximum absolute atomic E-state index is 12.3. The molecule has 0 N–H and O–H groups in total. The number of hydrogen-bond acceptors (Lipinski definition) is 13. The van der Waals surface area contributed by atoms with Crippen molar-refractivity contribution in [2.75, 3.05) is 33.5 Å². The van der Waals surface area contributed by atoms with Gasteiger partial charge in [-0.15, -0.1) is 0 Å². The Kier molecular flexibility index (Phi) is 12.4. The number of ether oxygens (including phenoxy) is 6. The van der Waals surface area contributed by atoms with Crippen LogP contribution in [-0.2, 0) is 35.1 Å². The first-order valence-corrected chi connectivity index (χ1v) is 13.9.